The standard InChI is InChI=1S/C15H10Cl3IN2/c1-8(16)15-20-13-7-11(19)2-3-14(13)21(15)12-5-9(17)4-10(18)6-12/h2-8H,1H3. The van der Waals surface area contributed by atoms with Crippen molar-refractivity contribution in [2.24, 2.45) is 0 Å². The molecule has 1 unspecified atom stereocenters. The van der Waals surface area contributed by atoms with Gasteiger partial charge < -0.3 is 0 Å². The molecule has 0 aliphatic heterocycles. The predicted octanol–water partition coefficient (Wildman–Crippen LogP) is 6.24. The van der Waals surface area contributed by atoms with Crippen LogP contribution in [-0.2, 0) is 0 Å². The van der Waals surface area contributed by atoms with Crippen LogP contribution in [-0.4, -0.2) is 9.55 Å². The van der Waals surface area contributed by atoms with Crippen molar-refractivity contribution >= 4 is 68.4 Å². The Morgan fingerprint density at radius 1 is 1.10 bits per heavy atom. The Bertz CT molecular complexity index is 807. The highest BCUT2D eigenvalue weighted by molar-refractivity contribution is 14.1. The van der Waals surface area contributed by atoms with Gasteiger partial charge in [0.05, 0.1) is 22.1 Å². The van der Waals surface area contributed by atoms with E-state index in [4.69, 9.17) is 34.8 Å². The van der Waals surface area contributed by atoms with Crippen molar-refractivity contribution in [3.8, 4) is 5.69 Å². The van der Waals surface area contributed by atoms with Gasteiger partial charge in [0.25, 0.3) is 0 Å². The third-order valence-corrected chi connectivity index (χ3v) is 4.41. The van der Waals surface area contributed by atoms with Gasteiger partial charge in [0.2, 0.25) is 0 Å². The third-order valence-electron chi connectivity index (χ3n) is 3.10. The molecule has 2 aromatic carbocycles. The molecule has 0 aliphatic rings. The average Bonchev–Trinajstić information content (AvgIpc) is 2.76. The smallest absolute Gasteiger partial charge is 0.132 e. The Balaban J connectivity index is 2.36. The molecule has 3 rings (SSSR count). The summed E-state index contributed by atoms with van der Waals surface area (Å²) in [6, 6.07) is 11.5. The summed E-state index contributed by atoms with van der Waals surface area (Å²) in [7, 11) is 0. The van der Waals surface area contributed by atoms with Gasteiger partial charge in [-0.15, -0.1) is 11.6 Å². The van der Waals surface area contributed by atoms with Crippen LogP contribution in [0.4, 0.5) is 0 Å². The monoisotopic (exact) mass is 450 g/mol. The quantitative estimate of drug-likeness (QED) is 0.333. The first-order valence-corrected chi connectivity index (χ1v) is 8.51. The Morgan fingerprint density at radius 3 is 2.38 bits per heavy atom. The van der Waals surface area contributed by atoms with Crippen molar-refractivity contribution < 1.29 is 0 Å². The number of alkyl halides is 1. The van der Waals surface area contributed by atoms with Gasteiger partial charge >= 0.3 is 0 Å². The van der Waals surface area contributed by atoms with E-state index in [0.717, 1.165) is 26.1 Å². The van der Waals surface area contributed by atoms with Gasteiger partial charge in [-0.25, -0.2) is 4.98 Å². The van der Waals surface area contributed by atoms with E-state index in [1.54, 1.807) is 6.07 Å². The SMILES string of the molecule is CC(Cl)c1nc2cc(I)ccc2n1-c1cc(Cl)cc(Cl)c1. The number of hydrogen-bond acceptors (Lipinski definition) is 1. The van der Waals surface area contributed by atoms with Crippen LogP contribution in [0.15, 0.2) is 36.4 Å². The Hall–Kier alpha value is -0.490. The van der Waals surface area contributed by atoms with E-state index < -0.39 is 0 Å². The fraction of sp³-hybridized carbons (Fsp3) is 0.133. The second kappa shape index (κ2) is 5.95. The first-order valence-electron chi connectivity index (χ1n) is 6.24. The van der Waals surface area contributed by atoms with Gasteiger partial charge in [0.15, 0.2) is 0 Å². The second-order valence-corrected chi connectivity index (χ2v) is 7.46. The summed E-state index contributed by atoms with van der Waals surface area (Å²) in [4.78, 5) is 4.65. The van der Waals surface area contributed by atoms with Crippen LogP contribution in [0.5, 0.6) is 0 Å². The minimum atomic E-state index is -0.229. The zero-order valence-electron chi connectivity index (χ0n) is 10.9. The lowest BCUT2D eigenvalue weighted by atomic mass is 10.2. The molecular formula is C15H10Cl3IN2. The minimum absolute atomic E-state index is 0.229. The summed E-state index contributed by atoms with van der Waals surface area (Å²) >= 11 is 20.8. The van der Waals surface area contributed by atoms with Gasteiger partial charge in [0.1, 0.15) is 5.82 Å². The molecule has 21 heavy (non-hydrogen) atoms. The molecular weight excluding hydrogens is 441 g/mol. The van der Waals surface area contributed by atoms with Crippen LogP contribution in [0, 0.1) is 3.57 Å². The first kappa shape index (κ1) is 15.4. The minimum Gasteiger partial charge on any atom is -0.295 e. The summed E-state index contributed by atoms with van der Waals surface area (Å²) in [6.07, 6.45) is 0. The number of rotatable bonds is 2. The molecule has 0 radical (unpaired) electrons. The zero-order chi connectivity index (χ0) is 15.1. The molecule has 0 N–H and O–H groups in total. The van der Waals surface area contributed by atoms with Gasteiger partial charge in [-0.2, -0.15) is 0 Å². The van der Waals surface area contributed by atoms with Crippen molar-refractivity contribution in [3.05, 3.63) is 55.8 Å². The molecule has 0 saturated carbocycles. The highest BCUT2D eigenvalue weighted by atomic mass is 127. The summed E-state index contributed by atoms with van der Waals surface area (Å²) in [6.45, 7) is 1.90. The summed E-state index contributed by atoms with van der Waals surface area (Å²) in [5, 5.41) is 0.934. The summed E-state index contributed by atoms with van der Waals surface area (Å²) < 4.78 is 3.13. The van der Waals surface area contributed by atoms with E-state index in [-0.39, 0.29) is 5.38 Å². The Labute approximate surface area is 151 Å². The van der Waals surface area contributed by atoms with E-state index in [2.05, 4.69) is 27.6 Å². The molecule has 0 aliphatic carbocycles. The van der Waals surface area contributed by atoms with Gasteiger partial charge in [-0.1, -0.05) is 23.2 Å². The molecule has 0 bridgehead atoms. The number of nitrogens with zero attached hydrogens (tertiary/aromatic N) is 2. The lowest BCUT2D eigenvalue weighted by Crippen LogP contribution is -2.02. The molecule has 108 valence electrons. The van der Waals surface area contributed by atoms with Crippen LogP contribution >= 0.6 is 57.4 Å². The number of imidazole rings is 1. The second-order valence-electron chi connectivity index (χ2n) is 4.68. The van der Waals surface area contributed by atoms with E-state index in [9.17, 15) is 0 Å². The third kappa shape index (κ3) is 3.02. The maximum absolute atomic E-state index is 6.30. The molecule has 2 nitrogen and oxygen atoms in total. The maximum atomic E-state index is 6.30. The molecule has 0 saturated heterocycles. The number of benzene rings is 2. The fourth-order valence-corrected chi connectivity index (χ4v) is 3.41. The number of fused-ring (bicyclic) bond motifs is 1. The Kier molecular flexibility index (Phi) is 4.37. The van der Waals surface area contributed by atoms with Gasteiger partial charge in [-0.05, 0) is 65.9 Å². The van der Waals surface area contributed by atoms with Gasteiger partial charge in [0, 0.05) is 13.6 Å². The molecule has 0 amide bonds. The summed E-state index contributed by atoms with van der Waals surface area (Å²) in [5.74, 6) is 0.770. The molecule has 1 heterocycles. The highest BCUT2D eigenvalue weighted by Gasteiger charge is 2.17. The molecule has 1 aromatic heterocycles. The number of halogens is 4. The van der Waals surface area contributed by atoms with Crippen LogP contribution in [0.1, 0.15) is 18.1 Å². The average molecular weight is 452 g/mol. The van der Waals surface area contributed by atoms with Crippen LogP contribution in [0.2, 0.25) is 10.0 Å². The maximum Gasteiger partial charge on any atom is 0.132 e. The normalized spacial score (nSPS) is 12.8. The molecule has 3 aromatic rings. The van der Waals surface area contributed by atoms with Crippen molar-refractivity contribution in [2.75, 3.05) is 0 Å². The number of aromatic nitrogens is 2. The zero-order valence-corrected chi connectivity index (χ0v) is 15.4. The fourth-order valence-electron chi connectivity index (χ4n) is 2.28. The van der Waals surface area contributed by atoms with E-state index in [1.807, 2.05) is 41.8 Å². The van der Waals surface area contributed by atoms with Crippen molar-refractivity contribution in [3.63, 3.8) is 0 Å². The molecule has 6 heteroatoms. The predicted molar refractivity (Wildman–Crippen MR) is 98.1 cm³/mol. The van der Waals surface area contributed by atoms with Crippen LogP contribution in [0.3, 0.4) is 0 Å². The number of hydrogen-bond donors (Lipinski definition) is 0. The largest absolute Gasteiger partial charge is 0.295 e. The molecule has 1 atom stereocenters. The van der Waals surface area contributed by atoms with Gasteiger partial charge in [-0.3, -0.25) is 4.57 Å². The topological polar surface area (TPSA) is 17.8 Å². The summed E-state index contributed by atoms with van der Waals surface area (Å²) in [5.41, 5.74) is 2.75. The van der Waals surface area contributed by atoms with E-state index >= 15 is 0 Å². The van der Waals surface area contributed by atoms with Crippen molar-refractivity contribution in [2.45, 2.75) is 12.3 Å². The molecule has 0 fully saturated rings. The molecule has 0 spiro atoms. The lowest BCUT2D eigenvalue weighted by Gasteiger charge is -2.11. The van der Waals surface area contributed by atoms with E-state index in [1.165, 1.54) is 0 Å². The van der Waals surface area contributed by atoms with E-state index in [0.29, 0.717) is 10.0 Å². The van der Waals surface area contributed by atoms with Crippen molar-refractivity contribution in [1.29, 1.82) is 0 Å². The van der Waals surface area contributed by atoms with Crippen molar-refractivity contribution in [1.82, 2.24) is 9.55 Å². The lowest BCUT2D eigenvalue weighted by molar-refractivity contribution is 0.882. The first-order chi connectivity index (χ1) is 9.95. The highest BCUT2D eigenvalue weighted by Crippen LogP contribution is 2.31. The van der Waals surface area contributed by atoms with Crippen LogP contribution < -0.4 is 0 Å². The Morgan fingerprint density at radius 2 is 1.76 bits per heavy atom. The van der Waals surface area contributed by atoms with Crippen LogP contribution in [0.25, 0.3) is 16.7 Å².